The van der Waals surface area contributed by atoms with E-state index in [0.717, 1.165) is 12.4 Å². The van der Waals surface area contributed by atoms with E-state index in [1.165, 1.54) is 4.68 Å². The van der Waals surface area contributed by atoms with Crippen molar-refractivity contribution in [1.82, 2.24) is 9.78 Å². The SMILES string of the molecule is NCCn1cc(S(=O)(=O)Nc2c(F)cc(F)cc2F)cn1. The van der Waals surface area contributed by atoms with Crippen LogP contribution in [0.5, 0.6) is 0 Å². The van der Waals surface area contributed by atoms with Crippen LogP contribution in [0.3, 0.4) is 0 Å². The Morgan fingerprint density at radius 2 is 1.86 bits per heavy atom. The van der Waals surface area contributed by atoms with Crippen molar-refractivity contribution in [2.24, 2.45) is 5.73 Å². The zero-order valence-corrected chi connectivity index (χ0v) is 11.4. The van der Waals surface area contributed by atoms with Crippen molar-refractivity contribution in [1.29, 1.82) is 0 Å². The van der Waals surface area contributed by atoms with Crippen molar-refractivity contribution >= 4 is 15.7 Å². The first kappa shape index (κ1) is 15.3. The molecule has 21 heavy (non-hydrogen) atoms. The molecule has 0 bridgehead atoms. The molecule has 0 saturated heterocycles. The van der Waals surface area contributed by atoms with Gasteiger partial charge in [0.05, 0.1) is 12.7 Å². The molecule has 0 aliphatic heterocycles. The minimum absolute atomic E-state index is 0.246. The molecule has 1 heterocycles. The van der Waals surface area contributed by atoms with Gasteiger partial charge >= 0.3 is 0 Å². The maximum absolute atomic E-state index is 13.4. The number of nitrogens with zero attached hydrogens (tertiary/aromatic N) is 2. The standard InChI is InChI=1S/C11H11F3N4O2S/c12-7-3-9(13)11(10(14)4-7)17-21(19,20)8-5-16-18(6-8)2-1-15/h3-6,17H,1-2,15H2. The van der Waals surface area contributed by atoms with E-state index in [-0.39, 0.29) is 18.0 Å². The van der Waals surface area contributed by atoms with Crippen LogP contribution in [0.1, 0.15) is 0 Å². The summed E-state index contributed by atoms with van der Waals surface area (Å²) in [6, 6.07) is 0.748. The molecule has 6 nitrogen and oxygen atoms in total. The van der Waals surface area contributed by atoms with Gasteiger partial charge in [0, 0.05) is 24.9 Å². The molecule has 114 valence electrons. The third-order valence-corrected chi connectivity index (χ3v) is 3.83. The molecule has 1 aromatic carbocycles. The molecule has 0 spiro atoms. The Morgan fingerprint density at radius 1 is 1.24 bits per heavy atom. The molecule has 2 aromatic rings. The summed E-state index contributed by atoms with van der Waals surface area (Å²) >= 11 is 0. The van der Waals surface area contributed by atoms with E-state index >= 15 is 0 Å². The highest BCUT2D eigenvalue weighted by Gasteiger charge is 2.21. The molecule has 0 fully saturated rings. The first-order valence-corrected chi connectivity index (χ1v) is 7.21. The van der Waals surface area contributed by atoms with Crippen molar-refractivity contribution in [3.05, 3.63) is 42.0 Å². The van der Waals surface area contributed by atoms with E-state index in [2.05, 4.69) is 5.10 Å². The molecule has 0 saturated carbocycles. The average molecular weight is 320 g/mol. The van der Waals surface area contributed by atoms with E-state index in [1.807, 2.05) is 0 Å². The Labute approximate surface area is 118 Å². The van der Waals surface area contributed by atoms with Gasteiger partial charge in [-0.1, -0.05) is 0 Å². The lowest BCUT2D eigenvalue weighted by atomic mass is 10.3. The highest BCUT2D eigenvalue weighted by Crippen LogP contribution is 2.23. The number of hydrogen-bond donors (Lipinski definition) is 2. The van der Waals surface area contributed by atoms with Crippen LogP contribution >= 0.6 is 0 Å². The third-order valence-electron chi connectivity index (χ3n) is 2.52. The largest absolute Gasteiger partial charge is 0.329 e. The number of nitrogens with one attached hydrogen (secondary N) is 1. The monoisotopic (exact) mass is 320 g/mol. The first-order chi connectivity index (χ1) is 9.83. The van der Waals surface area contributed by atoms with Crippen molar-refractivity contribution in [3.63, 3.8) is 0 Å². The first-order valence-electron chi connectivity index (χ1n) is 5.73. The predicted octanol–water partition coefficient (Wildman–Crippen LogP) is 1.06. The maximum atomic E-state index is 13.4. The van der Waals surface area contributed by atoms with Crippen molar-refractivity contribution in [3.8, 4) is 0 Å². The molecule has 2 rings (SSSR count). The summed E-state index contributed by atoms with van der Waals surface area (Å²) in [6.07, 6.45) is 2.17. The van der Waals surface area contributed by atoms with Gasteiger partial charge < -0.3 is 5.73 Å². The summed E-state index contributed by atoms with van der Waals surface area (Å²) in [5.74, 6) is -3.86. The number of anilines is 1. The van der Waals surface area contributed by atoms with Crippen LogP contribution in [-0.2, 0) is 16.6 Å². The number of aromatic nitrogens is 2. The molecule has 0 aliphatic carbocycles. The van der Waals surface area contributed by atoms with E-state index in [9.17, 15) is 21.6 Å². The minimum Gasteiger partial charge on any atom is -0.329 e. The Morgan fingerprint density at radius 3 is 2.43 bits per heavy atom. The Hall–Kier alpha value is -2.07. The number of nitrogens with two attached hydrogens (primary N) is 1. The quantitative estimate of drug-likeness (QED) is 0.862. The van der Waals surface area contributed by atoms with Crippen LogP contribution in [0.25, 0.3) is 0 Å². The second-order valence-corrected chi connectivity index (χ2v) is 5.76. The van der Waals surface area contributed by atoms with Crippen LogP contribution in [0.15, 0.2) is 29.4 Å². The summed E-state index contributed by atoms with van der Waals surface area (Å²) in [4.78, 5) is -0.293. The average Bonchev–Trinajstić information content (AvgIpc) is 2.84. The molecule has 0 amide bonds. The lowest BCUT2D eigenvalue weighted by molar-refractivity contribution is 0.547. The second-order valence-electron chi connectivity index (χ2n) is 4.08. The molecule has 3 N–H and O–H groups in total. The van der Waals surface area contributed by atoms with Gasteiger partial charge in [-0.2, -0.15) is 5.10 Å². The number of benzene rings is 1. The molecule has 1 aromatic heterocycles. The summed E-state index contributed by atoms with van der Waals surface area (Å²) in [5, 5.41) is 3.74. The highest BCUT2D eigenvalue weighted by atomic mass is 32.2. The van der Waals surface area contributed by atoms with Gasteiger partial charge in [0.2, 0.25) is 0 Å². The summed E-state index contributed by atoms with van der Waals surface area (Å²) in [6.45, 7) is 0.532. The van der Waals surface area contributed by atoms with Crippen molar-refractivity contribution < 1.29 is 21.6 Å². The molecule has 0 atom stereocenters. The fourth-order valence-corrected chi connectivity index (χ4v) is 2.60. The lowest BCUT2D eigenvalue weighted by Crippen LogP contribution is -2.15. The highest BCUT2D eigenvalue weighted by molar-refractivity contribution is 7.92. The fraction of sp³-hybridized carbons (Fsp3) is 0.182. The molecule has 0 unspecified atom stereocenters. The van der Waals surface area contributed by atoms with Crippen LogP contribution < -0.4 is 10.5 Å². The van der Waals surface area contributed by atoms with Crippen molar-refractivity contribution in [2.45, 2.75) is 11.4 Å². The molecular weight excluding hydrogens is 309 g/mol. The van der Waals surface area contributed by atoms with Crippen LogP contribution in [-0.4, -0.2) is 24.7 Å². The van der Waals surface area contributed by atoms with E-state index < -0.39 is 33.2 Å². The maximum Gasteiger partial charge on any atom is 0.265 e. The van der Waals surface area contributed by atoms with Gasteiger partial charge in [-0.05, 0) is 0 Å². The van der Waals surface area contributed by atoms with E-state index in [0.29, 0.717) is 12.1 Å². The van der Waals surface area contributed by atoms with Crippen LogP contribution in [0, 0.1) is 17.5 Å². The van der Waals surface area contributed by atoms with Crippen LogP contribution in [0.4, 0.5) is 18.9 Å². The minimum atomic E-state index is -4.25. The zero-order valence-electron chi connectivity index (χ0n) is 10.6. The number of halogens is 3. The normalized spacial score (nSPS) is 11.6. The molecule has 10 heteroatoms. The topological polar surface area (TPSA) is 90.0 Å². The smallest absolute Gasteiger partial charge is 0.265 e. The summed E-state index contributed by atoms with van der Waals surface area (Å²) < 4.78 is 66.6. The Kier molecular flexibility index (Phi) is 4.19. The van der Waals surface area contributed by atoms with Gasteiger partial charge in [0.1, 0.15) is 16.4 Å². The number of rotatable bonds is 5. The van der Waals surface area contributed by atoms with Crippen molar-refractivity contribution in [2.75, 3.05) is 11.3 Å². The van der Waals surface area contributed by atoms with Gasteiger partial charge in [0.25, 0.3) is 10.0 Å². The summed E-state index contributed by atoms with van der Waals surface area (Å²) in [5.41, 5.74) is 4.34. The van der Waals surface area contributed by atoms with Gasteiger partial charge in [-0.15, -0.1) is 0 Å². The van der Waals surface area contributed by atoms with Gasteiger partial charge in [-0.25, -0.2) is 21.6 Å². The Balaban J connectivity index is 2.33. The fourth-order valence-electron chi connectivity index (χ4n) is 1.57. The zero-order chi connectivity index (χ0) is 15.6. The third kappa shape index (κ3) is 3.34. The summed E-state index contributed by atoms with van der Waals surface area (Å²) in [7, 11) is -4.25. The number of sulfonamides is 1. The molecule has 0 aliphatic rings. The van der Waals surface area contributed by atoms with E-state index in [1.54, 1.807) is 4.72 Å². The lowest BCUT2D eigenvalue weighted by Gasteiger charge is -2.08. The molecule has 0 radical (unpaired) electrons. The Bertz CT molecular complexity index is 738. The predicted molar refractivity (Wildman–Crippen MR) is 68.4 cm³/mol. The van der Waals surface area contributed by atoms with E-state index in [4.69, 9.17) is 5.73 Å². The van der Waals surface area contributed by atoms with Gasteiger partial charge in [0.15, 0.2) is 11.6 Å². The van der Waals surface area contributed by atoms with Gasteiger partial charge in [-0.3, -0.25) is 9.40 Å². The molecular formula is C11H11F3N4O2S. The number of hydrogen-bond acceptors (Lipinski definition) is 4. The second kappa shape index (κ2) is 5.74. The van der Waals surface area contributed by atoms with Crippen LogP contribution in [0.2, 0.25) is 0 Å².